The molecule has 0 radical (unpaired) electrons. The molecule has 1 aromatic heterocycles. The highest BCUT2D eigenvalue weighted by Crippen LogP contribution is 2.25. The van der Waals surface area contributed by atoms with Crippen LogP contribution in [-0.2, 0) is 16.4 Å². The molecule has 1 heterocycles. The maximum absolute atomic E-state index is 12.8. The average Bonchev–Trinajstić information content (AvgIpc) is 3.01. The Morgan fingerprint density at radius 1 is 1.04 bits per heavy atom. The van der Waals surface area contributed by atoms with Crippen LogP contribution in [0.2, 0.25) is 0 Å². The predicted octanol–water partition coefficient (Wildman–Crippen LogP) is 3.73. The zero-order valence-corrected chi connectivity index (χ0v) is 13.0. The molecule has 0 aliphatic rings. The van der Waals surface area contributed by atoms with Gasteiger partial charge < -0.3 is 0 Å². The highest BCUT2D eigenvalue weighted by Gasteiger charge is 2.19. The molecule has 0 atom stereocenters. The Labute approximate surface area is 133 Å². The van der Waals surface area contributed by atoms with Crippen molar-refractivity contribution in [2.45, 2.75) is 11.3 Å². The number of nitrogens with zero attached hydrogens (tertiary/aromatic N) is 4. The van der Waals surface area contributed by atoms with E-state index < -0.39 is 10.0 Å². The van der Waals surface area contributed by atoms with Gasteiger partial charge in [0.25, 0.3) is 10.0 Å². The largest absolute Gasteiger partial charge is 0.268 e. The first-order valence-electron chi connectivity index (χ1n) is 7.05. The lowest BCUT2D eigenvalue weighted by Gasteiger charge is -2.08. The van der Waals surface area contributed by atoms with Crippen LogP contribution in [0.4, 0.5) is 0 Å². The molecule has 0 amide bonds. The van der Waals surface area contributed by atoms with E-state index >= 15 is 0 Å². The number of azide groups is 1. The van der Waals surface area contributed by atoms with Gasteiger partial charge in [0, 0.05) is 23.0 Å². The van der Waals surface area contributed by atoms with Gasteiger partial charge in [-0.2, -0.15) is 0 Å². The van der Waals surface area contributed by atoms with E-state index in [-0.39, 0.29) is 4.90 Å². The van der Waals surface area contributed by atoms with E-state index in [9.17, 15) is 8.42 Å². The summed E-state index contributed by atoms with van der Waals surface area (Å²) in [5.41, 5.74) is 9.94. The number of aromatic nitrogens is 1. The molecular weight excluding hydrogens is 312 g/mol. The summed E-state index contributed by atoms with van der Waals surface area (Å²) in [4.78, 5) is 2.99. The van der Waals surface area contributed by atoms with Gasteiger partial charge in [-0.15, -0.1) is 0 Å². The summed E-state index contributed by atoms with van der Waals surface area (Å²) in [5.74, 6) is 0. The van der Waals surface area contributed by atoms with Crippen molar-refractivity contribution in [2.75, 3.05) is 6.54 Å². The Hall–Kier alpha value is -2.76. The van der Waals surface area contributed by atoms with Gasteiger partial charge in [0.15, 0.2) is 0 Å². The van der Waals surface area contributed by atoms with Crippen molar-refractivity contribution in [1.29, 1.82) is 0 Å². The first-order chi connectivity index (χ1) is 11.1. The van der Waals surface area contributed by atoms with Crippen LogP contribution >= 0.6 is 0 Å². The molecule has 23 heavy (non-hydrogen) atoms. The highest BCUT2D eigenvalue weighted by atomic mass is 32.2. The van der Waals surface area contributed by atoms with Gasteiger partial charge in [-0.05, 0) is 41.8 Å². The average molecular weight is 326 g/mol. The fourth-order valence-corrected chi connectivity index (χ4v) is 3.92. The van der Waals surface area contributed by atoms with E-state index in [0.717, 1.165) is 10.9 Å². The van der Waals surface area contributed by atoms with Crippen molar-refractivity contribution in [1.82, 2.24) is 3.97 Å². The molecule has 2 aromatic carbocycles. The molecular formula is C16H14N4O2S. The highest BCUT2D eigenvalue weighted by molar-refractivity contribution is 7.90. The maximum atomic E-state index is 12.8. The zero-order valence-electron chi connectivity index (χ0n) is 12.2. The number of fused-ring (bicyclic) bond motifs is 1. The third-order valence-corrected chi connectivity index (χ3v) is 5.34. The number of benzene rings is 2. The van der Waals surface area contributed by atoms with Crippen molar-refractivity contribution >= 4 is 20.9 Å². The van der Waals surface area contributed by atoms with Crippen LogP contribution in [-0.4, -0.2) is 18.9 Å². The first kappa shape index (κ1) is 15.1. The minimum absolute atomic E-state index is 0.247. The Bertz CT molecular complexity index is 987. The lowest BCUT2D eigenvalue weighted by molar-refractivity contribution is 0.589. The Morgan fingerprint density at radius 3 is 2.57 bits per heavy atom. The molecule has 0 spiro atoms. The molecule has 0 bridgehead atoms. The fourth-order valence-electron chi connectivity index (χ4n) is 2.56. The summed E-state index contributed by atoms with van der Waals surface area (Å²) in [6.45, 7) is 0.340. The van der Waals surface area contributed by atoms with Gasteiger partial charge in [-0.1, -0.05) is 35.4 Å². The second kappa shape index (κ2) is 6.16. The lowest BCUT2D eigenvalue weighted by atomic mass is 10.1. The van der Waals surface area contributed by atoms with Gasteiger partial charge in [0.1, 0.15) is 0 Å². The smallest absolute Gasteiger partial charge is 0.241 e. The second-order valence-corrected chi connectivity index (χ2v) is 6.80. The Morgan fingerprint density at radius 2 is 1.83 bits per heavy atom. The third-order valence-electron chi connectivity index (χ3n) is 3.63. The fraction of sp³-hybridized carbons (Fsp3) is 0.125. The van der Waals surface area contributed by atoms with Crippen LogP contribution < -0.4 is 0 Å². The molecule has 116 valence electrons. The van der Waals surface area contributed by atoms with Crippen molar-refractivity contribution in [2.24, 2.45) is 5.11 Å². The van der Waals surface area contributed by atoms with E-state index in [0.29, 0.717) is 18.5 Å². The molecule has 0 saturated carbocycles. The molecule has 0 aliphatic carbocycles. The Balaban J connectivity index is 2.10. The summed E-state index contributed by atoms with van der Waals surface area (Å²) in [5, 5.41) is 4.38. The first-order valence-corrected chi connectivity index (χ1v) is 8.49. The molecule has 0 unspecified atom stereocenters. The number of hydrogen-bond acceptors (Lipinski definition) is 3. The Kier molecular flexibility index (Phi) is 4.06. The topological polar surface area (TPSA) is 87.8 Å². The molecule has 0 saturated heterocycles. The summed E-state index contributed by atoms with van der Waals surface area (Å²) in [6.07, 6.45) is 2.13. The van der Waals surface area contributed by atoms with E-state index in [1.807, 2.05) is 12.1 Å². The molecule has 7 heteroatoms. The lowest BCUT2D eigenvalue weighted by Crippen LogP contribution is -2.11. The van der Waals surface area contributed by atoms with Crippen LogP contribution in [0.3, 0.4) is 0 Å². The molecule has 6 nitrogen and oxygen atoms in total. The van der Waals surface area contributed by atoms with E-state index in [1.54, 1.807) is 48.7 Å². The maximum Gasteiger partial charge on any atom is 0.268 e. The molecule has 0 aliphatic heterocycles. The van der Waals surface area contributed by atoms with Crippen LogP contribution in [0.15, 0.2) is 70.8 Å². The SMILES string of the molecule is [N-]=[N+]=NCCc1cccc2c1ccn2S(=O)(=O)c1ccccc1. The molecule has 3 rings (SSSR count). The minimum Gasteiger partial charge on any atom is -0.241 e. The van der Waals surface area contributed by atoms with Crippen LogP contribution in [0, 0.1) is 0 Å². The standard InChI is InChI=1S/C16H14N4O2S/c17-19-18-11-9-13-5-4-8-16-15(13)10-12-20(16)23(21,22)14-6-2-1-3-7-14/h1-8,10,12H,9,11H2. The van der Waals surface area contributed by atoms with E-state index in [4.69, 9.17) is 5.53 Å². The third kappa shape index (κ3) is 2.79. The quantitative estimate of drug-likeness (QED) is 0.406. The minimum atomic E-state index is -3.63. The summed E-state index contributed by atoms with van der Waals surface area (Å²) < 4.78 is 26.8. The second-order valence-electron chi connectivity index (χ2n) is 4.98. The van der Waals surface area contributed by atoms with Crippen LogP contribution in [0.5, 0.6) is 0 Å². The number of rotatable bonds is 5. The normalized spacial score (nSPS) is 11.3. The monoisotopic (exact) mass is 326 g/mol. The molecule has 0 N–H and O–H groups in total. The van der Waals surface area contributed by atoms with Gasteiger partial charge in [-0.25, -0.2) is 12.4 Å². The zero-order chi connectivity index (χ0) is 16.3. The van der Waals surface area contributed by atoms with E-state index in [2.05, 4.69) is 10.0 Å². The van der Waals surface area contributed by atoms with Crippen molar-refractivity contribution in [3.8, 4) is 0 Å². The molecule has 3 aromatic rings. The van der Waals surface area contributed by atoms with Crippen molar-refractivity contribution in [3.05, 3.63) is 76.8 Å². The summed E-state index contributed by atoms with van der Waals surface area (Å²) in [7, 11) is -3.63. The van der Waals surface area contributed by atoms with Gasteiger partial charge in [0.05, 0.1) is 10.4 Å². The van der Waals surface area contributed by atoms with Gasteiger partial charge in [0.2, 0.25) is 0 Å². The van der Waals surface area contributed by atoms with Crippen molar-refractivity contribution < 1.29 is 8.42 Å². The predicted molar refractivity (Wildman–Crippen MR) is 88.7 cm³/mol. The van der Waals surface area contributed by atoms with E-state index in [1.165, 1.54) is 3.97 Å². The van der Waals surface area contributed by atoms with Gasteiger partial charge >= 0.3 is 0 Å². The van der Waals surface area contributed by atoms with Gasteiger partial charge in [-0.3, -0.25) is 0 Å². The van der Waals surface area contributed by atoms with Crippen LogP contribution in [0.25, 0.3) is 21.3 Å². The molecule has 0 fully saturated rings. The summed E-state index contributed by atoms with van der Waals surface area (Å²) in [6, 6.07) is 15.6. The van der Waals surface area contributed by atoms with Crippen LogP contribution in [0.1, 0.15) is 5.56 Å². The van der Waals surface area contributed by atoms with Crippen molar-refractivity contribution in [3.63, 3.8) is 0 Å². The summed E-state index contributed by atoms with van der Waals surface area (Å²) >= 11 is 0. The number of hydrogen-bond donors (Lipinski definition) is 0.